The second-order valence-corrected chi connectivity index (χ2v) is 6.84. The van der Waals surface area contributed by atoms with E-state index in [0.29, 0.717) is 5.69 Å². The summed E-state index contributed by atoms with van der Waals surface area (Å²) in [5.74, 6) is -1.14. The molecule has 0 unspecified atom stereocenters. The number of aryl methyl sites for hydroxylation is 1. The maximum atomic E-state index is 12.1. The molecule has 0 aliphatic rings. The van der Waals surface area contributed by atoms with Crippen LogP contribution in [0.25, 0.3) is 0 Å². The SMILES string of the molecule is Cc1ccccc1NS(=O)(=O)c1ccc(C(=O)O)s1. The van der Waals surface area contributed by atoms with Crippen molar-refractivity contribution in [2.75, 3.05) is 4.72 Å². The predicted molar refractivity (Wildman–Crippen MR) is 73.3 cm³/mol. The number of para-hydroxylation sites is 1. The number of hydrogen-bond acceptors (Lipinski definition) is 4. The number of carboxylic acid groups (broad SMARTS) is 1. The first-order valence-electron chi connectivity index (χ1n) is 5.32. The van der Waals surface area contributed by atoms with Crippen molar-refractivity contribution < 1.29 is 18.3 Å². The van der Waals surface area contributed by atoms with Crippen LogP contribution in [-0.2, 0) is 10.0 Å². The van der Waals surface area contributed by atoms with E-state index in [9.17, 15) is 13.2 Å². The molecule has 100 valence electrons. The third-order valence-corrected chi connectivity index (χ3v) is 5.38. The van der Waals surface area contributed by atoms with Crippen molar-refractivity contribution in [3.63, 3.8) is 0 Å². The molecule has 0 spiro atoms. The van der Waals surface area contributed by atoms with Crippen molar-refractivity contribution in [1.82, 2.24) is 0 Å². The summed E-state index contributed by atoms with van der Waals surface area (Å²) < 4.78 is 26.6. The van der Waals surface area contributed by atoms with Gasteiger partial charge in [0.15, 0.2) is 0 Å². The molecule has 2 rings (SSSR count). The summed E-state index contributed by atoms with van der Waals surface area (Å²) in [6.45, 7) is 1.79. The summed E-state index contributed by atoms with van der Waals surface area (Å²) in [6, 6.07) is 9.53. The Morgan fingerprint density at radius 1 is 1.21 bits per heavy atom. The first kappa shape index (κ1) is 13.6. The molecule has 1 heterocycles. The molecule has 0 radical (unpaired) electrons. The molecule has 2 aromatic rings. The third kappa shape index (κ3) is 2.94. The molecule has 0 atom stereocenters. The van der Waals surface area contributed by atoms with Crippen LogP contribution in [0.1, 0.15) is 15.2 Å². The van der Waals surface area contributed by atoms with Crippen molar-refractivity contribution in [2.24, 2.45) is 0 Å². The van der Waals surface area contributed by atoms with Crippen LogP contribution in [0.2, 0.25) is 0 Å². The summed E-state index contributed by atoms with van der Waals surface area (Å²) in [5, 5.41) is 8.79. The van der Waals surface area contributed by atoms with Gasteiger partial charge in [-0.25, -0.2) is 13.2 Å². The highest BCUT2D eigenvalue weighted by molar-refractivity contribution is 7.94. The van der Waals surface area contributed by atoms with E-state index >= 15 is 0 Å². The number of anilines is 1. The normalized spacial score (nSPS) is 11.2. The van der Waals surface area contributed by atoms with Crippen molar-refractivity contribution in [1.29, 1.82) is 0 Å². The molecule has 0 amide bonds. The Morgan fingerprint density at radius 2 is 1.89 bits per heavy atom. The van der Waals surface area contributed by atoms with Crippen LogP contribution in [0.3, 0.4) is 0 Å². The summed E-state index contributed by atoms with van der Waals surface area (Å²) in [7, 11) is -3.74. The fourth-order valence-electron chi connectivity index (χ4n) is 1.46. The Balaban J connectivity index is 2.32. The smallest absolute Gasteiger partial charge is 0.345 e. The maximum absolute atomic E-state index is 12.1. The van der Waals surface area contributed by atoms with Gasteiger partial charge in [-0.3, -0.25) is 4.72 Å². The minimum atomic E-state index is -3.74. The number of carboxylic acids is 1. The molecule has 0 aliphatic heterocycles. The highest BCUT2D eigenvalue weighted by Gasteiger charge is 2.19. The van der Waals surface area contributed by atoms with Crippen molar-refractivity contribution in [3.8, 4) is 0 Å². The Labute approximate surface area is 114 Å². The number of sulfonamides is 1. The van der Waals surface area contributed by atoms with Crippen LogP contribution in [0.15, 0.2) is 40.6 Å². The number of carbonyl (C=O) groups is 1. The fourth-order valence-corrected chi connectivity index (χ4v) is 3.74. The van der Waals surface area contributed by atoms with Gasteiger partial charge in [-0.1, -0.05) is 18.2 Å². The number of rotatable bonds is 4. The van der Waals surface area contributed by atoms with Crippen molar-refractivity contribution in [2.45, 2.75) is 11.1 Å². The van der Waals surface area contributed by atoms with Gasteiger partial charge in [0.25, 0.3) is 10.0 Å². The molecule has 0 bridgehead atoms. The molecule has 19 heavy (non-hydrogen) atoms. The van der Waals surface area contributed by atoms with Crippen molar-refractivity contribution >= 4 is 33.0 Å². The Hall–Kier alpha value is -1.86. The minimum Gasteiger partial charge on any atom is -0.477 e. The van der Waals surface area contributed by atoms with E-state index in [2.05, 4.69) is 4.72 Å². The second kappa shape index (κ2) is 5.02. The third-order valence-electron chi connectivity index (χ3n) is 2.45. The fraction of sp³-hybridized carbons (Fsp3) is 0.0833. The largest absolute Gasteiger partial charge is 0.477 e. The summed E-state index contributed by atoms with van der Waals surface area (Å²) in [6.07, 6.45) is 0. The van der Waals surface area contributed by atoms with Gasteiger partial charge in [-0.05, 0) is 30.7 Å². The Bertz CT molecular complexity index is 719. The second-order valence-electron chi connectivity index (χ2n) is 3.84. The molecule has 7 heteroatoms. The number of hydrogen-bond donors (Lipinski definition) is 2. The monoisotopic (exact) mass is 297 g/mol. The number of thiophene rings is 1. The van der Waals surface area contributed by atoms with E-state index in [1.807, 2.05) is 0 Å². The number of nitrogens with one attached hydrogen (secondary N) is 1. The van der Waals surface area contributed by atoms with E-state index in [-0.39, 0.29) is 9.09 Å². The standard InChI is InChI=1S/C12H11NO4S2/c1-8-4-2-3-5-9(8)13-19(16,17)11-7-6-10(18-11)12(14)15/h2-7,13H,1H3,(H,14,15). The molecular weight excluding hydrogens is 286 g/mol. The lowest BCUT2D eigenvalue weighted by molar-refractivity contribution is 0.0702. The molecule has 5 nitrogen and oxygen atoms in total. The number of aromatic carboxylic acids is 1. The average molecular weight is 297 g/mol. The zero-order valence-electron chi connectivity index (χ0n) is 9.95. The predicted octanol–water partition coefficient (Wildman–Crippen LogP) is 2.56. The van der Waals surface area contributed by atoms with E-state index in [4.69, 9.17) is 5.11 Å². The van der Waals surface area contributed by atoms with Gasteiger partial charge in [-0.2, -0.15) is 0 Å². The molecule has 1 aromatic heterocycles. The van der Waals surface area contributed by atoms with Gasteiger partial charge in [0.2, 0.25) is 0 Å². The Morgan fingerprint density at radius 3 is 2.47 bits per heavy atom. The van der Waals surface area contributed by atoms with Gasteiger partial charge in [-0.15, -0.1) is 11.3 Å². The molecular formula is C12H11NO4S2. The van der Waals surface area contributed by atoms with Crippen LogP contribution < -0.4 is 4.72 Å². The minimum absolute atomic E-state index is 0.00911. The summed E-state index contributed by atoms with van der Waals surface area (Å²) in [4.78, 5) is 10.7. The molecule has 0 saturated carbocycles. The molecule has 0 fully saturated rings. The first-order chi connectivity index (χ1) is 8.90. The average Bonchev–Trinajstić information content (AvgIpc) is 2.82. The van der Waals surface area contributed by atoms with Gasteiger partial charge in [0, 0.05) is 0 Å². The zero-order valence-corrected chi connectivity index (χ0v) is 11.6. The van der Waals surface area contributed by atoms with Gasteiger partial charge >= 0.3 is 5.97 Å². The van der Waals surface area contributed by atoms with Gasteiger partial charge < -0.3 is 5.11 Å². The summed E-state index contributed by atoms with van der Waals surface area (Å²) in [5.41, 5.74) is 1.27. The maximum Gasteiger partial charge on any atom is 0.345 e. The topological polar surface area (TPSA) is 83.5 Å². The lowest BCUT2D eigenvalue weighted by Crippen LogP contribution is -2.12. The Kier molecular flexibility index (Phi) is 3.59. The molecule has 0 saturated heterocycles. The summed E-state index contributed by atoms with van der Waals surface area (Å²) >= 11 is 0.723. The van der Waals surface area contributed by atoms with Crippen LogP contribution in [-0.4, -0.2) is 19.5 Å². The zero-order chi connectivity index (χ0) is 14.0. The van der Waals surface area contributed by atoms with Crippen LogP contribution in [0.4, 0.5) is 5.69 Å². The highest BCUT2D eigenvalue weighted by atomic mass is 32.2. The van der Waals surface area contributed by atoms with Crippen LogP contribution in [0.5, 0.6) is 0 Å². The van der Waals surface area contributed by atoms with Gasteiger partial charge in [0.05, 0.1) is 5.69 Å². The van der Waals surface area contributed by atoms with E-state index in [1.165, 1.54) is 12.1 Å². The highest BCUT2D eigenvalue weighted by Crippen LogP contribution is 2.25. The van der Waals surface area contributed by atoms with Crippen LogP contribution in [0, 0.1) is 6.92 Å². The molecule has 0 aliphatic carbocycles. The van der Waals surface area contributed by atoms with Crippen molar-refractivity contribution in [3.05, 3.63) is 46.8 Å². The van der Waals surface area contributed by atoms with Gasteiger partial charge in [0.1, 0.15) is 9.09 Å². The lowest BCUT2D eigenvalue weighted by Gasteiger charge is -2.08. The quantitative estimate of drug-likeness (QED) is 0.908. The first-order valence-corrected chi connectivity index (χ1v) is 7.62. The lowest BCUT2D eigenvalue weighted by atomic mass is 10.2. The number of benzene rings is 1. The van der Waals surface area contributed by atoms with E-state index in [0.717, 1.165) is 16.9 Å². The molecule has 1 aromatic carbocycles. The van der Waals surface area contributed by atoms with E-state index < -0.39 is 16.0 Å². The van der Waals surface area contributed by atoms with Crippen LogP contribution >= 0.6 is 11.3 Å². The van der Waals surface area contributed by atoms with E-state index in [1.54, 1.807) is 31.2 Å². The molecule has 2 N–H and O–H groups in total.